The molecular weight excluding hydrogens is 216 g/mol. The number of rotatable bonds is 4. The number of amides is 2. The summed E-state index contributed by atoms with van der Waals surface area (Å²) in [5.41, 5.74) is 0. The average Bonchev–Trinajstić information content (AvgIpc) is 2.55. The molecular formula is C13H24N2O2. The third-order valence-corrected chi connectivity index (χ3v) is 3.09. The van der Waals surface area contributed by atoms with Crippen molar-refractivity contribution in [1.82, 2.24) is 10.2 Å². The molecule has 17 heavy (non-hydrogen) atoms. The molecule has 0 spiro atoms. The van der Waals surface area contributed by atoms with Gasteiger partial charge < -0.3 is 15.0 Å². The molecule has 1 saturated heterocycles. The summed E-state index contributed by atoms with van der Waals surface area (Å²) >= 11 is 0. The second-order valence-electron chi connectivity index (χ2n) is 5.22. The lowest BCUT2D eigenvalue weighted by Gasteiger charge is -2.23. The maximum atomic E-state index is 12.0. The van der Waals surface area contributed by atoms with Crippen LogP contribution in [0.2, 0.25) is 0 Å². The Hall–Kier alpha value is -1.06. The number of nitrogens with zero attached hydrogens (tertiary/aromatic N) is 1. The van der Waals surface area contributed by atoms with E-state index in [1.807, 2.05) is 4.90 Å². The SMILES string of the molecule is CC(C)C[C@@H](C=O)NC(=O)N1CCCCCC1. The molecule has 4 nitrogen and oxygen atoms in total. The fourth-order valence-electron chi connectivity index (χ4n) is 2.18. The predicted molar refractivity (Wildman–Crippen MR) is 67.9 cm³/mol. The zero-order valence-corrected chi connectivity index (χ0v) is 10.9. The third-order valence-electron chi connectivity index (χ3n) is 3.09. The van der Waals surface area contributed by atoms with Crippen LogP contribution in [0.25, 0.3) is 0 Å². The van der Waals surface area contributed by atoms with Crippen LogP contribution < -0.4 is 5.32 Å². The predicted octanol–water partition coefficient (Wildman–Crippen LogP) is 2.19. The fraction of sp³-hybridized carbons (Fsp3) is 0.846. The summed E-state index contributed by atoms with van der Waals surface area (Å²) in [5, 5.41) is 2.81. The van der Waals surface area contributed by atoms with Gasteiger partial charge in [-0.05, 0) is 25.2 Å². The maximum absolute atomic E-state index is 12.0. The molecule has 0 radical (unpaired) electrons. The van der Waals surface area contributed by atoms with Crippen molar-refractivity contribution < 1.29 is 9.59 Å². The summed E-state index contributed by atoms with van der Waals surface area (Å²) in [6, 6.07) is -0.421. The van der Waals surface area contributed by atoms with E-state index in [4.69, 9.17) is 0 Å². The second kappa shape index (κ2) is 7.30. The minimum atomic E-state index is -0.342. The molecule has 2 amide bonds. The molecule has 1 aliphatic rings. The van der Waals surface area contributed by atoms with Gasteiger partial charge in [-0.15, -0.1) is 0 Å². The van der Waals surface area contributed by atoms with Gasteiger partial charge >= 0.3 is 6.03 Å². The maximum Gasteiger partial charge on any atom is 0.317 e. The Kier molecular flexibility index (Phi) is 6.01. The Bertz CT molecular complexity index is 246. The molecule has 0 aromatic heterocycles. The monoisotopic (exact) mass is 240 g/mol. The van der Waals surface area contributed by atoms with Crippen LogP contribution in [0.1, 0.15) is 46.0 Å². The highest BCUT2D eigenvalue weighted by atomic mass is 16.2. The van der Waals surface area contributed by atoms with Gasteiger partial charge in [0, 0.05) is 13.1 Å². The quantitative estimate of drug-likeness (QED) is 0.766. The van der Waals surface area contributed by atoms with E-state index in [1.165, 1.54) is 12.8 Å². The van der Waals surface area contributed by atoms with Crippen LogP contribution in [0.15, 0.2) is 0 Å². The lowest BCUT2D eigenvalue weighted by atomic mass is 10.1. The number of hydrogen-bond donors (Lipinski definition) is 1. The Morgan fingerprint density at radius 3 is 2.29 bits per heavy atom. The number of hydrogen-bond acceptors (Lipinski definition) is 2. The van der Waals surface area contributed by atoms with Gasteiger partial charge in [0.05, 0.1) is 6.04 Å². The molecule has 1 rings (SSSR count). The van der Waals surface area contributed by atoms with Crippen LogP contribution in [0, 0.1) is 5.92 Å². The van der Waals surface area contributed by atoms with Crippen molar-refractivity contribution in [3.8, 4) is 0 Å². The van der Waals surface area contributed by atoms with Crippen molar-refractivity contribution in [2.45, 2.75) is 52.0 Å². The molecule has 1 atom stereocenters. The summed E-state index contributed by atoms with van der Waals surface area (Å²) in [6.45, 7) is 5.74. The molecule has 0 saturated carbocycles. The Morgan fingerprint density at radius 2 is 1.82 bits per heavy atom. The Balaban J connectivity index is 2.42. The van der Waals surface area contributed by atoms with Crippen LogP contribution in [0.4, 0.5) is 4.79 Å². The fourth-order valence-corrected chi connectivity index (χ4v) is 2.18. The van der Waals surface area contributed by atoms with E-state index in [0.717, 1.165) is 32.2 Å². The van der Waals surface area contributed by atoms with Gasteiger partial charge in [0.15, 0.2) is 0 Å². The number of likely N-dealkylation sites (tertiary alicyclic amines) is 1. The van der Waals surface area contributed by atoms with Crippen molar-refractivity contribution in [3.05, 3.63) is 0 Å². The van der Waals surface area contributed by atoms with E-state index in [1.54, 1.807) is 0 Å². The van der Waals surface area contributed by atoms with Gasteiger partial charge in [-0.1, -0.05) is 26.7 Å². The van der Waals surface area contributed by atoms with E-state index in [-0.39, 0.29) is 12.1 Å². The minimum Gasteiger partial charge on any atom is -0.328 e. The molecule has 1 aliphatic heterocycles. The zero-order chi connectivity index (χ0) is 12.7. The first-order valence-corrected chi connectivity index (χ1v) is 6.64. The lowest BCUT2D eigenvalue weighted by molar-refractivity contribution is -0.109. The Labute approximate surface area is 104 Å². The molecule has 0 unspecified atom stereocenters. The van der Waals surface area contributed by atoms with Crippen LogP contribution in [-0.2, 0) is 4.79 Å². The summed E-state index contributed by atoms with van der Waals surface area (Å²) in [6.07, 6.45) is 6.10. The van der Waals surface area contributed by atoms with Gasteiger partial charge in [0.25, 0.3) is 0 Å². The van der Waals surface area contributed by atoms with E-state index >= 15 is 0 Å². The van der Waals surface area contributed by atoms with Crippen molar-refractivity contribution in [1.29, 1.82) is 0 Å². The van der Waals surface area contributed by atoms with E-state index < -0.39 is 0 Å². The van der Waals surface area contributed by atoms with Crippen molar-refractivity contribution in [2.75, 3.05) is 13.1 Å². The van der Waals surface area contributed by atoms with E-state index in [0.29, 0.717) is 12.3 Å². The zero-order valence-electron chi connectivity index (χ0n) is 10.9. The molecule has 98 valence electrons. The minimum absolute atomic E-state index is 0.0790. The highest BCUT2D eigenvalue weighted by Gasteiger charge is 2.19. The number of nitrogens with one attached hydrogen (secondary N) is 1. The molecule has 0 aromatic carbocycles. The van der Waals surface area contributed by atoms with Gasteiger partial charge in [0.1, 0.15) is 6.29 Å². The van der Waals surface area contributed by atoms with Crippen LogP contribution in [0.5, 0.6) is 0 Å². The van der Waals surface area contributed by atoms with Crippen LogP contribution in [-0.4, -0.2) is 36.3 Å². The molecule has 1 N–H and O–H groups in total. The Morgan fingerprint density at radius 1 is 1.24 bits per heavy atom. The van der Waals surface area contributed by atoms with Crippen molar-refractivity contribution >= 4 is 12.3 Å². The number of urea groups is 1. The first-order valence-electron chi connectivity index (χ1n) is 6.64. The highest BCUT2D eigenvalue weighted by molar-refractivity contribution is 5.78. The largest absolute Gasteiger partial charge is 0.328 e. The average molecular weight is 240 g/mol. The molecule has 1 fully saturated rings. The summed E-state index contributed by atoms with van der Waals surface area (Å²) < 4.78 is 0. The second-order valence-corrected chi connectivity index (χ2v) is 5.22. The van der Waals surface area contributed by atoms with Gasteiger partial charge in [-0.3, -0.25) is 0 Å². The van der Waals surface area contributed by atoms with Gasteiger partial charge in [0.2, 0.25) is 0 Å². The molecule has 0 bridgehead atoms. The number of carbonyl (C=O) groups excluding carboxylic acids is 2. The highest BCUT2D eigenvalue weighted by Crippen LogP contribution is 2.10. The smallest absolute Gasteiger partial charge is 0.317 e. The number of carbonyl (C=O) groups is 2. The van der Waals surface area contributed by atoms with Crippen molar-refractivity contribution in [3.63, 3.8) is 0 Å². The van der Waals surface area contributed by atoms with Crippen LogP contribution in [0.3, 0.4) is 0 Å². The first-order chi connectivity index (χ1) is 8.13. The molecule has 0 aliphatic carbocycles. The molecule has 1 heterocycles. The van der Waals surface area contributed by atoms with Gasteiger partial charge in [-0.2, -0.15) is 0 Å². The normalized spacial score (nSPS) is 18.6. The molecule has 4 heteroatoms. The standard InChI is InChI=1S/C13H24N2O2/c1-11(2)9-12(10-16)14-13(17)15-7-5-3-4-6-8-15/h10-12H,3-9H2,1-2H3,(H,14,17)/t12-/m0/s1. The van der Waals surface area contributed by atoms with Crippen LogP contribution >= 0.6 is 0 Å². The first kappa shape index (κ1) is 14.0. The summed E-state index contributed by atoms with van der Waals surface area (Å²) in [4.78, 5) is 24.7. The van der Waals surface area contributed by atoms with Crippen molar-refractivity contribution in [2.24, 2.45) is 5.92 Å². The van der Waals surface area contributed by atoms with E-state index in [9.17, 15) is 9.59 Å². The lowest BCUT2D eigenvalue weighted by Crippen LogP contribution is -2.46. The van der Waals surface area contributed by atoms with Gasteiger partial charge in [-0.25, -0.2) is 4.79 Å². The van der Waals surface area contributed by atoms with E-state index in [2.05, 4.69) is 19.2 Å². The third kappa shape index (κ3) is 5.20. The summed E-state index contributed by atoms with van der Waals surface area (Å²) in [7, 11) is 0. The number of aldehydes is 1. The topological polar surface area (TPSA) is 49.4 Å². The molecule has 0 aromatic rings. The summed E-state index contributed by atoms with van der Waals surface area (Å²) in [5.74, 6) is 0.412.